The average Bonchev–Trinajstić information content (AvgIpc) is 2.99. The Balaban J connectivity index is 1.78. The molecule has 38 heavy (non-hydrogen) atoms. The molecule has 5 rings (SSSR count). The third kappa shape index (κ3) is 5.51. The average molecular weight is 515 g/mol. The highest BCUT2D eigenvalue weighted by Gasteiger charge is 2.41. The summed E-state index contributed by atoms with van der Waals surface area (Å²) in [5.41, 5.74) is 3.83. The van der Waals surface area contributed by atoms with Gasteiger partial charge in [-0.1, -0.05) is 145 Å². The summed E-state index contributed by atoms with van der Waals surface area (Å²) in [6.07, 6.45) is 0. The molecule has 0 saturated heterocycles. The highest BCUT2D eigenvalue weighted by Crippen LogP contribution is 2.46. The first-order valence-electron chi connectivity index (χ1n) is 12.7. The van der Waals surface area contributed by atoms with Crippen molar-refractivity contribution in [3.63, 3.8) is 0 Å². The monoisotopic (exact) mass is 514 g/mol. The van der Waals surface area contributed by atoms with Crippen LogP contribution < -0.4 is 0 Å². The second-order valence-electron chi connectivity index (χ2n) is 9.31. The standard InChI is InChI=1S/C35H27ClO2/c36-30-23-21-27(22-24-30)31(32(25-13-5-1-6-14-25)34(37)28-17-9-3-10-18-28)33(26-15-7-2-8-16-26)35(38)29-19-11-4-12-20-29/h1-24,31-33H. The van der Waals surface area contributed by atoms with E-state index in [1.54, 1.807) is 0 Å². The predicted octanol–water partition coefficient (Wildman–Crippen LogP) is 8.76. The smallest absolute Gasteiger partial charge is 0.170 e. The molecule has 0 aliphatic carbocycles. The molecule has 0 aliphatic heterocycles. The fraction of sp³-hybridized carbons (Fsp3) is 0.0857. The maximum Gasteiger partial charge on any atom is 0.170 e. The summed E-state index contributed by atoms with van der Waals surface area (Å²) in [4.78, 5) is 28.8. The van der Waals surface area contributed by atoms with Crippen LogP contribution in [0.4, 0.5) is 0 Å². The first-order valence-corrected chi connectivity index (χ1v) is 13.0. The molecule has 0 amide bonds. The second-order valence-corrected chi connectivity index (χ2v) is 9.75. The van der Waals surface area contributed by atoms with Crippen LogP contribution in [0, 0.1) is 0 Å². The van der Waals surface area contributed by atoms with Crippen LogP contribution in [0.15, 0.2) is 146 Å². The summed E-state index contributed by atoms with van der Waals surface area (Å²) >= 11 is 6.29. The molecule has 0 aliphatic rings. The van der Waals surface area contributed by atoms with Gasteiger partial charge in [0.05, 0.1) is 11.8 Å². The topological polar surface area (TPSA) is 34.1 Å². The van der Waals surface area contributed by atoms with Gasteiger partial charge in [0, 0.05) is 22.1 Å². The van der Waals surface area contributed by atoms with E-state index in [-0.39, 0.29) is 11.6 Å². The van der Waals surface area contributed by atoms with Gasteiger partial charge < -0.3 is 0 Å². The van der Waals surface area contributed by atoms with Gasteiger partial charge in [0.1, 0.15) is 0 Å². The van der Waals surface area contributed by atoms with Crippen LogP contribution in [0.5, 0.6) is 0 Å². The maximum absolute atomic E-state index is 14.4. The fourth-order valence-corrected chi connectivity index (χ4v) is 5.32. The summed E-state index contributed by atoms with van der Waals surface area (Å²) in [5.74, 6) is -1.77. The van der Waals surface area contributed by atoms with Crippen molar-refractivity contribution in [2.75, 3.05) is 0 Å². The number of halogens is 1. The van der Waals surface area contributed by atoms with Gasteiger partial charge in [0.2, 0.25) is 0 Å². The van der Waals surface area contributed by atoms with E-state index in [4.69, 9.17) is 11.6 Å². The number of carbonyl (C=O) groups excluding carboxylic acids is 2. The lowest BCUT2D eigenvalue weighted by Crippen LogP contribution is -2.30. The SMILES string of the molecule is O=C(c1ccccc1)C(c1ccccc1)C(c1ccc(Cl)cc1)C(C(=O)c1ccccc1)c1ccccc1. The van der Waals surface area contributed by atoms with Gasteiger partial charge in [-0.25, -0.2) is 0 Å². The lowest BCUT2D eigenvalue weighted by atomic mass is 9.67. The summed E-state index contributed by atoms with van der Waals surface area (Å²) in [6, 6.07) is 45.7. The van der Waals surface area contributed by atoms with E-state index in [9.17, 15) is 9.59 Å². The molecular weight excluding hydrogens is 488 g/mol. The van der Waals surface area contributed by atoms with Crippen LogP contribution in [-0.4, -0.2) is 11.6 Å². The van der Waals surface area contributed by atoms with Crippen molar-refractivity contribution < 1.29 is 9.59 Å². The summed E-state index contributed by atoms with van der Waals surface area (Å²) < 4.78 is 0. The van der Waals surface area contributed by atoms with Gasteiger partial charge in [-0.05, 0) is 28.8 Å². The van der Waals surface area contributed by atoms with Gasteiger partial charge in [0.25, 0.3) is 0 Å². The van der Waals surface area contributed by atoms with Gasteiger partial charge in [-0.3, -0.25) is 9.59 Å². The van der Waals surface area contributed by atoms with Crippen LogP contribution in [0.3, 0.4) is 0 Å². The zero-order chi connectivity index (χ0) is 26.3. The largest absolute Gasteiger partial charge is 0.293 e. The second kappa shape index (κ2) is 11.9. The molecule has 0 fully saturated rings. The van der Waals surface area contributed by atoms with E-state index >= 15 is 0 Å². The number of Topliss-reactive ketones (excluding diaryl/α,β-unsaturated/α-hetero) is 2. The minimum atomic E-state index is -0.613. The van der Waals surface area contributed by atoms with Crippen molar-refractivity contribution >= 4 is 23.2 Å². The molecule has 2 atom stereocenters. The van der Waals surface area contributed by atoms with Gasteiger partial charge in [-0.15, -0.1) is 0 Å². The Morgan fingerprint density at radius 1 is 0.421 bits per heavy atom. The predicted molar refractivity (Wildman–Crippen MR) is 154 cm³/mol. The lowest BCUT2D eigenvalue weighted by Gasteiger charge is -2.34. The first-order chi connectivity index (χ1) is 18.6. The zero-order valence-electron chi connectivity index (χ0n) is 20.8. The van der Waals surface area contributed by atoms with Crippen molar-refractivity contribution in [3.8, 4) is 0 Å². The molecule has 0 N–H and O–H groups in total. The molecule has 0 aromatic heterocycles. The van der Waals surface area contributed by atoms with Crippen LogP contribution in [0.25, 0.3) is 0 Å². The summed E-state index contributed by atoms with van der Waals surface area (Å²) in [7, 11) is 0. The Hall–Kier alpha value is -4.27. The van der Waals surface area contributed by atoms with Crippen molar-refractivity contribution in [2.24, 2.45) is 0 Å². The zero-order valence-corrected chi connectivity index (χ0v) is 21.5. The molecule has 0 saturated carbocycles. The number of benzene rings is 5. The van der Waals surface area contributed by atoms with Crippen molar-refractivity contribution in [3.05, 3.63) is 178 Å². The van der Waals surface area contributed by atoms with Gasteiger partial charge >= 0.3 is 0 Å². The summed E-state index contributed by atoms with van der Waals surface area (Å²) in [6.45, 7) is 0. The quantitative estimate of drug-likeness (QED) is 0.184. The molecule has 186 valence electrons. The number of ketones is 2. The molecule has 3 heteroatoms. The molecule has 5 aromatic carbocycles. The highest BCUT2D eigenvalue weighted by molar-refractivity contribution is 6.30. The van der Waals surface area contributed by atoms with Crippen LogP contribution in [-0.2, 0) is 0 Å². The molecule has 0 spiro atoms. The Labute approximate surface area is 228 Å². The molecule has 0 heterocycles. The molecule has 2 nitrogen and oxygen atoms in total. The van der Waals surface area contributed by atoms with Crippen LogP contribution in [0.2, 0.25) is 5.02 Å². The number of hydrogen-bond donors (Lipinski definition) is 0. The van der Waals surface area contributed by atoms with E-state index in [2.05, 4.69) is 0 Å². The number of carbonyl (C=O) groups is 2. The molecule has 5 aromatic rings. The van der Waals surface area contributed by atoms with Crippen LogP contribution >= 0.6 is 11.6 Å². The Morgan fingerprint density at radius 2 is 0.763 bits per heavy atom. The van der Waals surface area contributed by atoms with E-state index in [0.29, 0.717) is 16.1 Å². The lowest BCUT2D eigenvalue weighted by molar-refractivity contribution is 0.0899. The Kier molecular flexibility index (Phi) is 7.92. The molecule has 2 unspecified atom stereocenters. The third-order valence-corrected chi connectivity index (χ3v) is 7.22. The first kappa shape index (κ1) is 25.4. The van der Waals surface area contributed by atoms with E-state index in [1.807, 2.05) is 146 Å². The Morgan fingerprint density at radius 3 is 1.13 bits per heavy atom. The third-order valence-electron chi connectivity index (χ3n) is 6.97. The molecule has 0 bridgehead atoms. The van der Waals surface area contributed by atoms with Crippen molar-refractivity contribution in [2.45, 2.75) is 17.8 Å². The highest BCUT2D eigenvalue weighted by atomic mass is 35.5. The fourth-order valence-electron chi connectivity index (χ4n) is 5.19. The van der Waals surface area contributed by atoms with Crippen molar-refractivity contribution in [1.29, 1.82) is 0 Å². The Bertz CT molecular complexity index is 1390. The van der Waals surface area contributed by atoms with E-state index in [0.717, 1.165) is 16.7 Å². The van der Waals surface area contributed by atoms with Crippen LogP contribution in [0.1, 0.15) is 55.2 Å². The van der Waals surface area contributed by atoms with Gasteiger partial charge in [0.15, 0.2) is 11.6 Å². The normalized spacial score (nSPS) is 13.3. The van der Waals surface area contributed by atoms with E-state index < -0.39 is 17.8 Å². The summed E-state index contributed by atoms with van der Waals surface area (Å²) in [5, 5.41) is 0.601. The minimum absolute atomic E-state index is 0.0291. The minimum Gasteiger partial charge on any atom is -0.293 e. The number of hydrogen-bond acceptors (Lipinski definition) is 2. The molecular formula is C35H27ClO2. The maximum atomic E-state index is 14.4. The van der Waals surface area contributed by atoms with Gasteiger partial charge in [-0.2, -0.15) is 0 Å². The van der Waals surface area contributed by atoms with Crippen molar-refractivity contribution in [1.82, 2.24) is 0 Å². The molecule has 0 radical (unpaired) electrons. The number of rotatable bonds is 9. The van der Waals surface area contributed by atoms with E-state index in [1.165, 1.54) is 0 Å².